The molecule has 1 aromatic heterocycles. The Morgan fingerprint density at radius 2 is 2.00 bits per heavy atom. The molecule has 22 heavy (non-hydrogen) atoms. The van der Waals surface area contributed by atoms with Gasteiger partial charge in [0.25, 0.3) is 0 Å². The predicted molar refractivity (Wildman–Crippen MR) is 85.4 cm³/mol. The molecule has 1 aliphatic heterocycles. The normalized spacial score (nSPS) is 24.5. The van der Waals surface area contributed by atoms with Crippen LogP contribution >= 0.6 is 0 Å². The van der Waals surface area contributed by atoms with Crippen LogP contribution in [0.1, 0.15) is 33.5 Å². The zero-order chi connectivity index (χ0) is 16.3. The van der Waals surface area contributed by atoms with Gasteiger partial charge in [-0.05, 0) is 31.9 Å². The van der Waals surface area contributed by atoms with Crippen LogP contribution in [0, 0.1) is 5.92 Å². The lowest BCUT2D eigenvalue weighted by molar-refractivity contribution is -0.145. The van der Waals surface area contributed by atoms with Crippen LogP contribution in [0.5, 0.6) is 0 Å². The highest BCUT2D eigenvalue weighted by Crippen LogP contribution is 2.20. The van der Waals surface area contributed by atoms with Crippen molar-refractivity contribution in [1.29, 1.82) is 0 Å². The Bertz CT molecular complexity index is 462. The smallest absolute Gasteiger partial charge is 0.240 e. The van der Waals surface area contributed by atoms with Gasteiger partial charge in [-0.2, -0.15) is 0 Å². The molecular weight excluding hydrogens is 280 g/mol. The maximum atomic E-state index is 12.9. The number of likely N-dealkylation sites (N-methyl/N-ethyl adjacent to an activating group) is 1. The second-order valence-electron chi connectivity index (χ2n) is 6.67. The van der Waals surface area contributed by atoms with E-state index in [4.69, 9.17) is 9.15 Å². The highest BCUT2D eigenvalue weighted by atomic mass is 16.5. The molecule has 124 valence electrons. The molecule has 1 amide bonds. The highest BCUT2D eigenvalue weighted by molar-refractivity contribution is 5.82. The van der Waals surface area contributed by atoms with E-state index in [0.29, 0.717) is 6.54 Å². The van der Waals surface area contributed by atoms with Crippen molar-refractivity contribution in [2.24, 2.45) is 5.92 Å². The third kappa shape index (κ3) is 4.11. The number of ether oxygens (including phenoxy) is 1. The number of hydrogen-bond acceptors (Lipinski definition) is 4. The van der Waals surface area contributed by atoms with Crippen LogP contribution in [0.3, 0.4) is 0 Å². The first-order valence-corrected chi connectivity index (χ1v) is 8.05. The fourth-order valence-corrected chi connectivity index (χ4v) is 3.25. The summed E-state index contributed by atoms with van der Waals surface area (Å²) in [6.07, 6.45) is 1.96. The summed E-state index contributed by atoms with van der Waals surface area (Å²) in [7, 11) is 1.84. The maximum Gasteiger partial charge on any atom is 0.240 e. The number of carbonyl (C=O) groups is 1. The minimum Gasteiger partial charge on any atom is -0.467 e. The molecule has 0 radical (unpaired) electrons. The first-order valence-electron chi connectivity index (χ1n) is 8.05. The summed E-state index contributed by atoms with van der Waals surface area (Å²) in [4.78, 5) is 17.0. The number of rotatable bonds is 5. The van der Waals surface area contributed by atoms with E-state index in [0.717, 1.165) is 18.8 Å². The maximum absolute atomic E-state index is 12.9. The molecule has 1 saturated heterocycles. The zero-order valence-electron chi connectivity index (χ0n) is 14.3. The van der Waals surface area contributed by atoms with Crippen LogP contribution in [-0.2, 0) is 16.1 Å². The largest absolute Gasteiger partial charge is 0.467 e. The molecule has 2 rings (SSSR count). The van der Waals surface area contributed by atoms with E-state index in [1.54, 1.807) is 11.2 Å². The summed E-state index contributed by atoms with van der Waals surface area (Å²) >= 11 is 0. The zero-order valence-corrected chi connectivity index (χ0v) is 14.3. The molecule has 0 saturated carbocycles. The van der Waals surface area contributed by atoms with E-state index < -0.39 is 0 Å². The van der Waals surface area contributed by atoms with Crippen molar-refractivity contribution >= 4 is 5.91 Å². The average molecular weight is 308 g/mol. The average Bonchev–Trinajstić information content (AvgIpc) is 2.90. The van der Waals surface area contributed by atoms with Gasteiger partial charge in [0.15, 0.2) is 0 Å². The van der Waals surface area contributed by atoms with Crippen molar-refractivity contribution in [3.05, 3.63) is 24.2 Å². The lowest BCUT2D eigenvalue weighted by Gasteiger charge is -2.42. The molecule has 5 heteroatoms. The Labute approximate surface area is 133 Å². The molecule has 0 bridgehead atoms. The van der Waals surface area contributed by atoms with Crippen LogP contribution in [0.4, 0.5) is 0 Å². The first-order chi connectivity index (χ1) is 10.4. The number of carbonyl (C=O) groups excluding carboxylic acids is 1. The third-order valence-electron chi connectivity index (χ3n) is 4.08. The summed E-state index contributed by atoms with van der Waals surface area (Å²) < 4.78 is 11.1. The summed E-state index contributed by atoms with van der Waals surface area (Å²) in [6, 6.07) is 3.63. The predicted octanol–water partition coefficient (Wildman–Crippen LogP) is 2.37. The fourth-order valence-electron chi connectivity index (χ4n) is 3.25. The van der Waals surface area contributed by atoms with Crippen molar-refractivity contribution < 1.29 is 13.9 Å². The standard InChI is InChI=1S/C17H28N2O3/c1-12(2)16(19-9-13(3)22-14(4)10-19)17(20)18(5)11-15-7-6-8-21-15/h6-8,12-14,16H,9-11H2,1-5H3. The van der Waals surface area contributed by atoms with Crippen LogP contribution in [0.2, 0.25) is 0 Å². The van der Waals surface area contributed by atoms with Crippen LogP contribution in [0.25, 0.3) is 0 Å². The Kier molecular flexibility index (Phi) is 5.64. The molecule has 0 N–H and O–H groups in total. The molecular formula is C17H28N2O3. The molecule has 0 aliphatic carbocycles. The highest BCUT2D eigenvalue weighted by Gasteiger charge is 2.35. The number of amides is 1. The molecule has 1 aromatic rings. The molecule has 0 spiro atoms. The van der Waals surface area contributed by atoms with Gasteiger partial charge in [-0.1, -0.05) is 13.8 Å². The second kappa shape index (κ2) is 7.29. The third-order valence-corrected chi connectivity index (χ3v) is 4.08. The number of morpholine rings is 1. The quantitative estimate of drug-likeness (QED) is 0.838. The number of nitrogens with zero attached hydrogens (tertiary/aromatic N) is 2. The van der Waals surface area contributed by atoms with E-state index in [-0.39, 0.29) is 30.1 Å². The van der Waals surface area contributed by atoms with E-state index >= 15 is 0 Å². The van der Waals surface area contributed by atoms with E-state index in [9.17, 15) is 4.79 Å². The Hall–Kier alpha value is -1.33. The van der Waals surface area contributed by atoms with Crippen molar-refractivity contribution in [1.82, 2.24) is 9.80 Å². The minimum atomic E-state index is -0.117. The molecule has 0 aromatic carbocycles. The van der Waals surface area contributed by atoms with Gasteiger partial charge in [-0.25, -0.2) is 0 Å². The van der Waals surface area contributed by atoms with E-state index in [1.165, 1.54) is 0 Å². The SMILES string of the molecule is CC1CN(C(C(=O)N(C)Cc2ccco2)C(C)C)CC(C)O1. The lowest BCUT2D eigenvalue weighted by atomic mass is 9.99. The van der Waals surface area contributed by atoms with Crippen molar-refractivity contribution in [3.8, 4) is 0 Å². The summed E-state index contributed by atoms with van der Waals surface area (Å²) in [5, 5.41) is 0. The second-order valence-corrected chi connectivity index (χ2v) is 6.67. The molecule has 2 heterocycles. The molecule has 3 unspecified atom stereocenters. The van der Waals surface area contributed by atoms with Crippen molar-refractivity contribution in [2.45, 2.75) is 52.5 Å². The van der Waals surface area contributed by atoms with Gasteiger partial charge in [-0.15, -0.1) is 0 Å². The first kappa shape index (κ1) is 17.0. The number of hydrogen-bond donors (Lipinski definition) is 0. The van der Waals surface area contributed by atoms with Crippen LogP contribution in [-0.4, -0.2) is 54.1 Å². The van der Waals surface area contributed by atoms with Gasteiger partial charge in [0.2, 0.25) is 5.91 Å². The minimum absolute atomic E-state index is 0.117. The summed E-state index contributed by atoms with van der Waals surface area (Å²) in [5.41, 5.74) is 0. The monoisotopic (exact) mass is 308 g/mol. The summed E-state index contributed by atoms with van der Waals surface area (Å²) in [6.45, 7) is 10.4. The van der Waals surface area contributed by atoms with Crippen molar-refractivity contribution in [2.75, 3.05) is 20.1 Å². The molecule has 1 fully saturated rings. The van der Waals surface area contributed by atoms with Crippen LogP contribution in [0.15, 0.2) is 22.8 Å². The Balaban J connectivity index is 2.07. The molecule has 1 aliphatic rings. The van der Waals surface area contributed by atoms with E-state index in [2.05, 4.69) is 32.6 Å². The van der Waals surface area contributed by atoms with Gasteiger partial charge >= 0.3 is 0 Å². The van der Waals surface area contributed by atoms with Gasteiger partial charge in [0, 0.05) is 20.1 Å². The topological polar surface area (TPSA) is 45.9 Å². The van der Waals surface area contributed by atoms with Gasteiger partial charge < -0.3 is 14.1 Å². The van der Waals surface area contributed by atoms with Crippen LogP contribution < -0.4 is 0 Å². The summed E-state index contributed by atoms with van der Waals surface area (Å²) in [5.74, 6) is 1.21. The molecule has 5 nitrogen and oxygen atoms in total. The Morgan fingerprint density at radius 3 is 2.50 bits per heavy atom. The van der Waals surface area contributed by atoms with E-state index in [1.807, 2.05) is 19.2 Å². The Morgan fingerprint density at radius 1 is 1.36 bits per heavy atom. The van der Waals surface area contributed by atoms with Gasteiger partial charge in [0.1, 0.15) is 5.76 Å². The lowest BCUT2D eigenvalue weighted by Crippen LogP contribution is -2.57. The fraction of sp³-hybridized carbons (Fsp3) is 0.706. The van der Waals surface area contributed by atoms with Crippen molar-refractivity contribution in [3.63, 3.8) is 0 Å². The molecule has 3 atom stereocenters. The number of furan rings is 1. The van der Waals surface area contributed by atoms with Gasteiger partial charge in [0.05, 0.1) is 31.1 Å². The van der Waals surface area contributed by atoms with Gasteiger partial charge in [-0.3, -0.25) is 9.69 Å².